The molecule has 0 amide bonds. The predicted molar refractivity (Wildman–Crippen MR) is 77.5 cm³/mol. The highest BCUT2D eigenvalue weighted by molar-refractivity contribution is 5.40. The third-order valence-electron chi connectivity index (χ3n) is 3.78. The summed E-state index contributed by atoms with van der Waals surface area (Å²) in [5.74, 6) is 1.04. The van der Waals surface area contributed by atoms with Gasteiger partial charge in [-0.1, -0.05) is 32.9 Å². The maximum atomic E-state index is 9.32. The van der Waals surface area contributed by atoms with E-state index in [1.165, 1.54) is 11.1 Å². The molecule has 0 saturated carbocycles. The summed E-state index contributed by atoms with van der Waals surface area (Å²) in [7, 11) is 0. The Morgan fingerprint density at radius 1 is 1.42 bits per heavy atom. The van der Waals surface area contributed by atoms with Crippen molar-refractivity contribution >= 4 is 0 Å². The lowest BCUT2D eigenvalue weighted by atomic mass is 9.93. The molecule has 2 N–H and O–H groups in total. The quantitative estimate of drug-likeness (QED) is 0.829. The van der Waals surface area contributed by atoms with Crippen molar-refractivity contribution in [2.24, 2.45) is 5.41 Å². The van der Waals surface area contributed by atoms with Crippen LogP contribution in [0.5, 0.6) is 5.75 Å². The lowest BCUT2D eigenvalue weighted by Gasteiger charge is -2.26. The molecule has 0 aromatic heterocycles. The van der Waals surface area contributed by atoms with Gasteiger partial charge >= 0.3 is 0 Å². The van der Waals surface area contributed by atoms with Crippen LogP contribution in [0, 0.1) is 5.41 Å². The summed E-state index contributed by atoms with van der Waals surface area (Å²) in [6.07, 6.45) is 2.06. The maximum absolute atomic E-state index is 9.32. The second-order valence-electron chi connectivity index (χ2n) is 6.13. The van der Waals surface area contributed by atoms with Crippen LogP contribution in [-0.2, 0) is 6.42 Å². The predicted octanol–water partition coefficient (Wildman–Crippen LogP) is 2.68. The number of benzene rings is 1. The van der Waals surface area contributed by atoms with Gasteiger partial charge in [-0.05, 0) is 23.6 Å². The van der Waals surface area contributed by atoms with Crippen LogP contribution in [0.25, 0.3) is 0 Å². The molecule has 2 rings (SSSR count). The van der Waals surface area contributed by atoms with Crippen molar-refractivity contribution in [3.8, 4) is 5.75 Å². The summed E-state index contributed by atoms with van der Waals surface area (Å²) in [5, 5.41) is 12.9. The summed E-state index contributed by atoms with van der Waals surface area (Å²) in [5.41, 5.74) is 2.56. The van der Waals surface area contributed by atoms with Crippen LogP contribution in [0.4, 0.5) is 0 Å². The molecule has 0 aliphatic carbocycles. The Morgan fingerprint density at radius 3 is 2.89 bits per heavy atom. The molecule has 1 aliphatic heterocycles. The Balaban J connectivity index is 2.05. The van der Waals surface area contributed by atoms with Crippen molar-refractivity contribution < 1.29 is 9.84 Å². The molecule has 0 spiro atoms. The molecule has 1 unspecified atom stereocenters. The normalized spacial score (nSPS) is 16.0. The van der Waals surface area contributed by atoms with Gasteiger partial charge in [0, 0.05) is 31.0 Å². The van der Waals surface area contributed by atoms with E-state index < -0.39 is 0 Å². The van der Waals surface area contributed by atoms with Gasteiger partial charge in [0.25, 0.3) is 0 Å². The first-order valence-corrected chi connectivity index (χ1v) is 7.15. The number of ether oxygens (including phenoxy) is 1. The first-order chi connectivity index (χ1) is 9.05. The first-order valence-electron chi connectivity index (χ1n) is 7.15. The molecule has 3 nitrogen and oxygen atoms in total. The van der Waals surface area contributed by atoms with Gasteiger partial charge < -0.3 is 15.2 Å². The monoisotopic (exact) mass is 263 g/mol. The number of fused-ring (bicyclic) bond motifs is 1. The number of nitrogens with one attached hydrogen (secondary N) is 1. The van der Waals surface area contributed by atoms with Gasteiger partial charge in [-0.2, -0.15) is 0 Å². The lowest BCUT2D eigenvalue weighted by Crippen LogP contribution is -2.34. The second-order valence-corrected chi connectivity index (χ2v) is 6.13. The molecule has 19 heavy (non-hydrogen) atoms. The minimum atomic E-state index is -0.0761. The standard InChI is InChI=1S/C16H25NO2/c1-4-14(17-10-16(2,3)11-18)12-5-6-15-13(9-12)7-8-19-15/h5-6,9,14,17-18H,4,7-8,10-11H2,1-3H3. The van der Waals surface area contributed by atoms with Gasteiger partial charge in [0.1, 0.15) is 5.75 Å². The molecule has 0 saturated heterocycles. The van der Waals surface area contributed by atoms with Crippen LogP contribution in [0.15, 0.2) is 18.2 Å². The van der Waals surface area contributed by atoms with Gasteiger partial charge in [0.2, 0.25) is 0 Å². The minimum absolute atomic E-state index is 0.0761. The molecule has 1 aromatic rings. The zero-order valence-electron chi connectivity index (χ0n) is 12.2. The zero-order valence-corrected chi connectivity index (χ0v) is 12.2. The van der Waals surface area contributed by atoms with Crippen molar-refractivity contribution in [2.75, 3.05) is 19.8 Å². The molecule has 106 valence electrons. The Labute approximate surface area is 116 Å². The van der Waals surface area contributed by atoms with E-state index in [-0.39, 0.29) is 12.0 Å². The number of aliphatic hydroxyl groups excluding tert-OH is 1. The topological polar surface area (TPSA) is 41.5 Å². The highest BCUT2D eigenvalue weighted by atomic mass is 16.5. The molecule has 1 heterocycles. The van der Waals surface area contributed by atoms with Gasteiger partial charge in [-0.3, -0.25) is 0 Å². The van der Waals surface area contributed by atoms with Crippen LogP contribution < -0.4 is 10.1 Å². The highest BCUT2D eigenvalue weighted by Gasteiger charge is 2.20. The number of rotatable bonds is 6. The molecule has 0 radical (unpaired) electrons. The Bertz CT molecular complexity index is 429. The van der Waals surface area contributed by atoms with Crippen molar-refractivity contribution in [1.82, 2.24) is 5.32 Å². The summed E-state index contributed by atoms with van der Waals surface area (Å²) < 4.78 is 5.54. The lowest BCUT2D eigenvalue weighted by molar-refractivity contribution is 0.152. The molecule has 0 bridgehead atoms. The third kappa shape index (κ3) is 3.48. The van der Waals surface area contributed by atoms with Crippen molar-refractivity contribution in [3.05, 3.63) is 29.3 Å². The van der Waals surface area contributed by atoms with Gasteiger partial charge in [0.05, 0.1) is 6.61 Å². The summed E-state index contributed by atoms with van der Waals surface area (Å²) in [4.78, 5) is 0. The van der Waals surface area contributed by atoms with E-state index in [2.05, 4.69) is 44.3 Å². The van der Waals surface area contributed by atoms with E-state index in [0.29, 0.717) is 6.04 Å². The van der Waals surface area contributed by atoms with E-state index in [1.807, 2.05) is 0 Å². The van der Waals surface area contributed by atoms with Crippen molar-refractivity contribution in [3.63, 3.8) is 0 Å². The Kier molecular flexibility index (Phi) is 4.48. The van der Waals surface area contributed by atoms with Crippen LogP contribution >= 0.6 is 0 Å². The maximum Gasteiger partial charge on any atom is 0.122 e. The second kappa shape index (κ2) is 5.93. The largest absolute Gasteiger partial charge is 0.493 e. The van der Waals surface area contributed by atoms with E-state index in [1.54, 1.807) is 0 Å². The minimum Gasteiger partial charge on any atom is -0.493 e. The fourth-order valence-corrected chi connectivity index (χ4v) is 2.38. The molecule has 0 fully saturated rings. The third-order valence-corrected chi connectivity index (χ3v) is 3.78. The van der Waals surface area contributed by atoms with Gasteiger partial charge in [0.15, 0.2) is 0 Å². The van der Waals surface area contributed by atoms with E-state index in [4.69, 9.17) is 4.74 Å². The summed E-state index contributed by atoms with van der Waals surface area (Å²) in [6.45, 7) is 8.16. The van der Waals surface area contributed by atoms with E-state index in [9.17, 15) is 5.11 Å². The molecular weight excluding hydrogens is 238 g/mol. The smallest absolute Gasteiger partial charge is 0.122 e. The average Bonchev–Trinajstić information content (AvgIpc) is 2.87. The zero-order chi connectivity index (χ0) is 13.9. The summed E-state index contributed by atoms with van der Waals surface area (Å²) >= 11 is 0. The van der Waals surface area contributed by atoms with Crippen molar-refractivity contribution in [2.45, 2.75) is 39.7 Å². The Morgan fingerprint density at radius 2 is 2.21 bits per heavy atom. The Hall–Kier alpha value is -1.06. The van der Waals surface area contributed by atoms with Gasteiger partial charge in [-0.15, -0.1) is 0 Å². The van der Waals surface area contributed by atoms with Crippen LogP contribution in [-0.4, -0.2) is 24.9 Å². The van der Waals surface area contributed by atoms with Crippen molar-refractivity contribution in [1.29, 1.82) is 0 Å². The first kappa shape index (κ1) is 14.4. The SMILES string of the molecule is CCC(NCC(C)(C)CO)c1ccc2c(c1)CCO2. The molecule has 1 atom stereocenters. The van der Waals surface area contributed by atoms with Crippen LogP contribution in [0.3, 0.4) is 0 Å². The fourth-order valence-electron chi connectivity index (χ4n) is 2.38. The molecule has 3 heteroatoms. The number of hydrogen-bond donors (Lipinski definition) is 2. The van der Waals surface area contributed by atoms with Crippen LogP contribution in [0.1, 0.15) is 44.4 Å². The molecule has 1 aromatic carbocycles. The van der Waals surface area contributed by atoms with E-state index in [0.717, 1.165) is 31.7 Å². The summed E-state index contributed by atoms with van der Waals surface area (Å²) in [6, 6.07) is 6.84. The van der Waals surface area contributed by atoms with E-state index >= 15 is 0 Å². The highest BCUT2D eigenvalue weighted by Crippen LogP contribution is 2.29. The van der Waals surface area contributed by atoms with Gasteiger partial charge in [-0.25, -0.2) is 0 Å². The number of aliphatic hydroxyl groups is 1. The fraction of sp³-hybridized carbons (Fsp3) is 0.625. The average molecular weight is 263 g/mol. The molecular formula is C16H25NO2. The number of hydrogen-bond acceptors (Lipinski definition) is 3. The molecule has 1 aliphatic rings. The van der Waals surface area contributed by atoms with Crippen LogP contribution in [0.2, 0.25) is 0 Å².